The highest BCUT2D eigenvalue weighted by Crippen LogP contribution is 2.33. The smallest absolute Gasteiger partial charge is 0.407 e. The van der Waals surface area contributed by atoms with E-state index in [2.05, 4.69) is 40.6 Å². The molecule has 282 valence electrons. The minimum atomic E-state index is -0.855. The molecule has 3 heterocycles. The number of aromatic nitrogens is 4. The van der Waals surface area contributed by atoms with Crippen LogP contribution in [0, 0.1) is 11.8 Å². The van der Waals surface area contributed by atoms with Gasteiger partial charge in [-0.2, -0.15) is 0 Å². The van der Waals surface area contributed by atoms with Gasteiger partial charge in [-0.05, 0) is 46.9 Å². The van der Waals surface area contributed by atoms with Crippen LogP contribution in [0.2, 0.25) is 0 Å². The van der Waals surface area contributed by atoms with Gasteiger partial charge in [-0.3, -0.25) is 9.59 Å². The Morgan fingerprint density at radius 1 is 0.774 bits per heavy atom. The summed E-state index contributed by atoms with van der Waals surface area (Å²) < 4.78 is 9.37. The van der Waals surface area contributed by atoms with Crippen molar-refractivity contribution in [3.05, 3.63) is 72.6 Å². The van der Waals surface area contributed by atoms with Gasteiger partial charge in [0.1, 0.15) is 29.8 Å². The fourth-order valence-electron chi connectivity index (χ4n) is 6.37. The number of carbonyl (C=O) groups is 4. The number of rotatable bonds is 13. The Bertz CT molecular complexity index is 1870. The van der Waals surface area contributed by atoms with Crippen LogP contribution in [-0.4, -0.2) is 93.4 Å². The van der Waals surface area contributed by atoms with E-state index < -0.39 is 42.8 Å². The normalized spacial score (nSPS) is 15.9. The van der Waals surface area contributed by atoms with Crippen LogP contribution < -0.4 is 16.0 Å². The summed E-state index contributed by atoms with van der Waals surface area (Å²) in [6, 6.07) is 13.4. The molecule has 15 heteroatoms. The largest absolute Gasteiger partial charge is 0.453 e. The van der Waals surface area contributed by atoms with Crippen LogP contribution in [0.25, 0.3) is 33.6 Å². The van der Waals surface area contributed by atoms with Gasteiger partial charge in [0.2, 0.25) is 11.8 Å². The van der Waals surface area contributed by atoms with E-state index in [4.69, 9.17) is 4.74 Å². The van der Waals surface area contributed by atoms with Crippen molar-refractivity contribution in [1.29, 1.82) is 0 Å². The number of aliphatic hydroxyl groups excluding tert-OH is 1. The fraction of sp³-hybridized carbons (Fsp3) is 0.421. The maximum Gasteiger partial charge on any atom is 0.407 e. The van der Waals surface area contributed by atoms with Gasteiger partial charge in [-0.15, -0.1) is 0 Å². The first-order valence-electron chi connectivity index (χ1n) is 17.7. The Morgan fingerprint density at radius 3 is 1.81 bits per heavy atom. The first-order chi connectivity index (χ1) is 25.4. The molecular weight excluding hydrogens is 680 g/mol. The first kappa shape index (κ1) is 38.5. The summed E-state index contributed by atoms with van der Waals surface area (Å²) in [5.41, 5.74) is 5.37. The van der Waals surface area contributed by atoms with Gasteiger partial charge >= 0.3 is 12.2 Å². The molecule has 6 N–H and O–H groups in total. The van der Waals surface area contributed by atoms with E-state index in [1.807, 2.05) is 62.4 Å². The van der Waals surface area contributed by atoms with E-state index in [0.29, 0.717) is 23.9 Å². The predicted octanol–water partition coefficient (Wildman–Crippen LogP) is 4.71. The summed E-state index contributed by atoms with van der Waals surface area (Å²) >= 11 is 0. The zero-order valence-corrected chi connectivity index (χ0v) is 30.8. The fourth-order valence-corrected chi connectivity index (χ4v) is 6.37. The van der Waals surface area contributed by atoms with Crippen molar-refractivity contribution in [2.75, 3.05) is 27.4 Å². The number of benzene rings is 2. The first-order valence-corrected chi connectivity index (χ1v) is 17.7. The minimum Gasteiger partial charge on any atom is -0.453 e. The number of likely N-dealkylation sites (tertiary alicyclic amines) is 1. The van der Waals surface area contributed by atoms with Gasteiger partial charge in [0.25, 0.3) is 0 Å². The average Bonchev–Trinajstić information content (AvgIpc) is 3.96. The molecule has 1 fully saturated rings. The number of nitrogens with one attached hydrogen (secondary N) is 5. The highest BCUT2D eigenvalue weighted by atomic mass is 16.5. The lowest BCUT2D eigenvalue weighted by Gasteiger charge is -2.30. The third-order valence-corrected chi connectivity index (χ3v) is 9.40. The summed E-state index contributed by atoms with van der Waals surface area (Å²) in [4.78, 5) is 67.5. The predicted molar refractivity (Wildman–Crippen MR) is 197 cm³/mol. The maximum atomic E-state index is 13.5. The Balaban J connectivity index is 1.23. The molecule has 4 amide bonds. The molecular formula is C38H48N8O7. The van der Waals surface area contributed by atoms with Crippen LogP contribution >= 0.6 is 0 Å². The third-order valence-electron chi connectivity index (χ3n) is 9.40. The van der Waals surface area contributed by atoms with E-state index in [1.54, 1.807) is 31.1 Å². The van der Waals surface area contributed by atoms with Crippen LogP contribution in [0.4, 0.5) is 9.59 Å². The summed E-state index contributed by atoms with van der Waals surface area (Å²) in [5, 5.41) is 18.0. The molecule has 53 heavy (non-hydrogen) atoms. The van der Waals surface area contributed by atoms with E-state index >= 15 is 0 Å². The number of hydrogen-bond donors (Lipinski definition) is 6. The molecule has 4 aromatic rings. The molecule has 4 atom stereocenters. The second-order valence-electron chi connectivity index (χ2n) is 13.7. The Labute approximate surface area is 308 Å². The number of carbonyl (C=O) groups excluding carboxylic acids is 4. The number of H-pyrrole nitrogens is 2. The molecule has 0 bridgehead atoms. The lowest BCUT2D eigenvalue weighted by molar-refractivity contribution is -0.135. The highest BCUT2D eigenvalue weighted by Gasteiger charge is 2.37. The zero-order chi connectivity index (χ0) is 38.2. The van der Waals surface area contributed by atoms with Gasteiger partial charge in [-0.1, -0.05) is 76.2 Å². The molecule has 1 aliphatic heterocycles. The number of ether oxygens (including phenoxy) is 2. The van der Waals surface area contributed by atoms with E-state index in [0.717, 1.165) is 40.8 Å². The molecule has 0 spiro atoms. The van der Waals surface area contributed by atoms with E-state index in [9.17, 15) is 24.3 Å². The van der Waals surface area contributed by atoms with Crippen molar-refractivity contribution in [1.82, 2.24) is 40.8 Å². The van der Waals surface area contributed by atoms with Crippen molar-refractivity contribution in [2.45, 2.75) is 64.7 Å². The number of aromatic amines is 2. The standard InChI is InChI=1S/C38H48N8O7/c1-21(2)31(44-37(50)52-5)35(48)43-29(20-47)33-39-18-27(41-33)25-13-9-23(10-14-25)24-11-15-26(16-12-24)28-19-40-34(42-28)30-8-7-17-46(30)36(49)32(22(3)4)45-38(51)53-6/h9-16,18-19,21-22,29-32,47H,7-8,17,20H2,1-6H3,(H,39,41)(H,40,42)(H,43,48)(H,44,50)(H,45,51). The molecule has 2 aromatic carbocycles. The molecule has 5 rings (SSSR count). The topological polar surface area (TPSA) is 204 Å². The summed E-state index contributed by atoms with van der Waals surface area (Å²) in [7, 11) is 2.50. The second kappa shape index (κ2) is 17.2. The number of methoxy groups -OCH3 is 2. The van der Waals surface area contributed by atoms with Crippen molar-refractivity contribution in [3.63, 3.8) is 0 Å². The van der Waals surface area contributed by atoms with E-state index in [1.165, 1.54) is 14.2 Å². The monoisotopic (exact) mass is 728 g/mol. The summed E-state index contributed by atoms with van der Waals surface area (Å²) in [5.74, 6) is 0.125. The number of aliphatic hydroxyl groups is 1. The Kier molecular flexibility index (Phi) is 12.5. The van der Waals surface area contributed by atoms with Crippen molar-refractivity contribution in [2.24, 2.45) is 11.8 Å². The molecule has 4 unspecified atom stereocenters. The van der Waals surface area contributed by atoms with Gasteiger partial charge in [-0.25, -0.2) is 19.6 Å². The van der Waals surface area contributed by atoms with Crippen molar-refractivity contribution < 1.29 is 33.8 Å². The minimum absolute atomic E-state index is 0.114. The van der Waals surface area contributed by atoms with Gasteiger partial charge < -0.3 is 45.4 Å². The van der Waals surface area contributed by atoms with Crippen LogP contribution in [0.15, 0.2) is 60.9 Å². The Morgan fingerprint density at radius 2 is 1.28 bits per heavy atom. The Hall–Kier alpha value is -5.70. The van der Waals surface area contributed by atoms with Crippen LogP contribution in [0.1, 0.15) is 64.3 Å². The highest BCUT2D eigenvalue weighted by molar-refractivity contribution is 5.87. The molecule has 1 saturated heterocycles. The lowest BCUT2D eigenvalue weighted by Crippen LogP contribution is -2.51. The third kappa shape index (κ3) is 9.03. The lowest BCUT2D eigenvalue weighted by atomic mass is 10.0. The van der Waals surface area contributed by atoms with E-state index in [-0.39, 0.29) is 23.8 Å². The molecule has 0 aliphatic carbocycles. The second-order valence-corrected chi connectivity index (χ2v) is 13.7. The number of hydrogen-bond acceptors (Lipinski definition) is 9. The van der Waals surface area contributed by atoms with Crippen molar-refractivity contribution >= 4 is 24.0 Å². The number of alkyl carbamates (subject to hydrolysis) is 2. The van der Waals surface area contributed by atoms with Crippen LogP contribution in [0.5, 0.6) is 0 Å². The molecule has 0 radical (unpaired) electrons. The van der Waals surface area contributed by atoms with Gasteiger partial charge in [0, 0.05) is 6.54 Å². The number of nitrogens with zero attached hydrogens (tertiary/aromatic N) is 3. The van der Waals surface area contributed by atoms with Gasteiger partial charge in [0.15, 0.2) is 0 Å². The summed E-state index contributed by atoms with van der Waals surface area (Å²) in [6.07, 6.45) is 3.67. The maximum absolute atomic E-state index is 13.5. The molecule has 15 nitrogen and oxygen atoms in total. The SMILES string of the molecule is COC(=O)NC(C(=O)NC(CO)c1ncc(-c2ccc(-c3ccc(-c4cnc(C5CCCN5C(=O)C(NC(=O)OC)C(C)C)[nH]4)cc3)cc2)[nH]1)C(C)C. The number of amides is 4. The summed E-state index contributed by atoms with van der Waals surface area (Å²) in [6.45, 7) is 7.54. The molecule has 1 aliphatic rings. The van der Waals surface area contributed by atoms with Crippen molar-refractivity contribution in [3.8, 4) is 33.6 Å². The van der Waals surface area contributed by atoms with Gasteiger partial charge in [0.05, 0.1) is 50.6 Å². The molecule has 0 saturated carbocycles. The van der Waals surface area contributed by atoms with Crippen LogP contribution in [0.3, 0.4) is 0 Å². The molecule has 2 aromatic heterocycles. The van der Waals surface area contributed by atoms with Crippen LogP contribution in [-0.2, 0) is 19.1 Å². The zero-order valence-electron chi connectivity index (χ0n) is 30.8. The quantitative estimate of drug-likeness (QED) is 0.113. The average molecular weight is 729 g/mol. The number of imidazole rings is 2.